The average molecular weight is 301 g/mol. The molecule has 1 aromatic heterocycles. The number of esters is 1. The zero-order chi connectivity index (χ0) is 10.1. The van der Waals surface area contributed by atoms with Crippen molar-refractivity contribution in [2.24, 2.45) is 0 Å². The van der Waals surface area contributed by atoms with Gasteiger partial charge in [-0.25, -0.2) is 4.79 Å². The first-order chi connectivity index (χ1) is 6.74. The van der Waals surface area contributed by atoms with E-state index in [0.717, 1.165) is 14.5 Å². The van der Waals surface area contributed by atoms with Crippen molar-refractivity contribution in [3.63, 3.8) is 0 Å². The molecule has 0 aliphatic carbocycles. The number of hydrogen-bond acceptors (Lipinski definition) is 2. The minimum Gasteiger partial charge on any atom is -0.464 e. The summed E-state index contributed by atoms with van der Waals surface area (Å²) in [5.74, 6) is -0.328. The third-order valence-electron chi connectivity index (χ3n) is 2.03. The number of hydrogen-bond donors (Lipinski definition) is 1. The average Bonchev–Trinajstić information content (AvgIpc) is 2.56. The number of para-hydroxylation sites is 1. The van der Waals surface area contributed by atoms with Crippen LogP contribution in [0.1, 0.15) is 10.5 Å². The maximum atomic E-state index is 11.3. The first-order valence-corrected chi connectivity index (χ1v) is 5.16. The summed E-state index contributed by atoms with van der Waals surface area (Å²) in [7, 11) is 1.38. The van der Waals surface area contributed by atoms with Crippen LogP contribution < -0.4 is 0 Å². The van der Waals surface area contributed by atoms with Crippen molar-refractivity contribution in [3.05, 3.63) is 33.5 Å². The van der Waals surface area contributed by atoms with Crippen LogP contribution in [0.2, 0.25) is 0 Å². The molecular formula is C10H8INO2. The number of aromatic amines is 1. The zero-order valence-electron chi connectivity index (χ0n) is 7.50. The summed E-state index contributed by atoms with van der Waals surface area (Å²) in [5, 5.41) is 1.05. The highest BCUT2D eigenvalue weighted by Crippen LogP contribution is 2.24. The summed E-state index contributed by atoms with van der Waals surface area (Å²) in [4.78, 5) is 14.4. The Morgan fingerprint density at radius 2 is 2.14 bits per heavy atom. The van der Waals surface area contributed by atoms with E-state index < -0.39 is 0 Å². The molecule has 1 N–H and O–H groups in total. The SMILES string of the molecule is COC(=O)c1[nH]c2ccccc2c1I. The van der Waals surface area contributed by atoms with Crippen molar-refractivity contribution in [3.8, 4) is 0 Å². The molecule has 0 saturated carbocycles. The van der Waals surface area contributed by atoms with Crippen LogP contribution in [0.3, 0.4) is 0 Å². The number of rotatable bonds is 1. The standard InChI is InChI=1S/C10H8INO2/c1-14-10(13)9-8(11)6-4-2-3-5-7(6)12-9/h2-5,12H,1H3. The van der Waals surface area contributed by atoms with Crippen molar-refractivity contribution in [1.29, 1.82) is 0 Å². The molecule has 0 spiro atoms. The first-order valence-electron chi connectivity index (χ1n) is 4.08. The summed E-state index contributed by atoms with van der Waals surface area (Å²) < 4.78 is 5.58. The van der Waals surface area contributed by atoms with Gasteiger partial charge in [0.05, 0.1) is 10.7 Å². The van der Waals surface area contributed by atoms with Gasteiger partial charge in [0.1, 0.15) is 5.69 Å². The Labute approximate surface area is 94.6 Å². The van der Waals surface area contributed by atoms with E-state index in [1.807, 2.05) is 24.3 Å². The molecule has 0 bridgehead atoms. The van der Waals surface area contributed by atoms with E-state index in [-0.39, 0.29) is 5.97 Å². The molecule has 0 saturated heterocycles. The van der Waals surface area contributed by atoms with Gasteiger partial charge in [0.2, 0.25) is 0 Å². The number of benzene rings is 1. The quantitative estimate of drug-likeness (QED) is 0.650. The van der Waals surface area contributed by atoms with Crippen LogP contribution in [0, 0.1) is 3.57 Å². The third-order valence-corrected chi connectivity index (χ3v) is 3.15. The first kappa shape index (κ1) is 9.51. The van der Waals surface area contributed by atoms with E-state index in [2.05, 4.69) is 32.3 Å². The number of carbonyl (C=O) groups is 1. The lowest BCUT2D eigenvalue weighted by atomic mass is 10.2. The minimum atomic E-state index is -0.328. The Hall–Kier alpha value is -1.04. The number of fused-ring (bicyclic) bond motifs is 1. The largest absolute Gasteiger partial charge is 0.464 e. The van der Waals surface area contributed by atoms with Gasteiger partial charge in [0.15, 0.2) is 0 Å². The van der Waals surface area contributed by atoms with Crippen molar-refractivity contribution in [1.82, 2.24) is 4.98 Å². The third kappa shape index (κ3) is 1.39. The number of ether oxygens (including phenoxy) is 1. The fraction of sp³-hybridized carbons (Fsp3) is 0.100. The molecule has 0 aliphatic rings. The van der Waals surface area contributed by atoms with Crippen LogP contribution in [0.5, 0.6) is 0 Å². The number of methoxy groups -OCH3 is 1. The van der Waals surface area contributed by atoms with Gasteiger partial charge in [0.25, 0.3) is 0 Å². The summed E-state index contributed by atoms with van der Waals surface area (Å²) in [6, 6.07) is 7.78. The maximum absolute atomic E-state index is 11.3. The van der Waals surface area contributed by atoms with E-state index in [0.29, 0.717) is 5.69 Å². The second-order valence-corrected chi connectivity index (χ2v) is 3.93. The van der Waals surface area contributed by atoms with Crippen LogP contribution in [-0.4, -0.2) is 18.1 Å². The van der Waals surface area contributed by atoms with Crippen molar-refractivity contribution in [2.45, 2.75) is 0 Å². The molecule has 14 heavy (non-hydrogen) atoms. The molecule has 0 fully saturated rings. The summed E-state index contributed by atoms with van der Waals surface area (Å²) in [5.41, 5.74) is 1.48. The predicted molar refractivity (Wildman–Crippen MR) is 62.4 cm³/mol. The Balaban J connectivity index is 2.68. The van der Waals surface area contributed by atoms with E-state index >= 15 is 0 Å². The van der Waals surface area contributed by atoms with Crippen molar-refractivity contribution in [2.75, 3.05) is 7.11 Å². The molecule has 0 amide bonds. The molecule has 0 radical (unpaired) electrons. The van der Waals surface area contributed by atoms with Gasteiger partial charge in [0, 0.05) is 10.9 Å². The number of carbonyl (C=O) groups excluding carboxylic acids is 1. The molecule has 0 unspecified atom stereocenters. The highest BCUT2D eigenvalue weighted by atomic mass is 127. The number of aromatic nitrogens is 1. The number of nitrogens with one attached hydrogen (secondary N) is 1. The minimum absolute atomic E-state index is 0.328. The molecule has 1 heterocycles. The van der Waals surface area contributed by atoms with Gasteiger partial charge in [-0.1, -0.05) is 18.2 Å². The highest BCUT2D eigenvalue weighted by molar-refractivity contribution is 14.1. The Bertz CT molecular complexity index is 490. The lowest BCUT2D eigenvalue weighted by molar-refractivity contribution is 0.0594. The van der Waals surface area contributed by atoms with Gasteiger partial charge >= 0.3 is 5.97 Å². The predicted octanol–water partition coefficient (Wildman–Crippen LogP) is 2.56. The van der Waals surface area contributed by atoms with Crippen LogP contribution in [0.25, 0.3) is 10.9 Å². The summed E-state index contributed by atoms with van der Waals surface area (Å²) in [6.07, 6.45) is 0. The Morgan fingerprint density at radius 1 is 1.43 bits per heavy atom. The Kier molecular flexibility index (Phi) is 2.45. The molecule has 2 aromatic rings. The normalized spacial score (nSPS) is 10.4. The van der Waals surface area contributed by atoms with Crippen molar-refractivity contribution >= 4 is 39.5 Å². The van der Waals surface area contributed by atoms with Gasteiger partial charge in [-0.05, 0) is 28.7 Å². The van der Waals surface area contributed by atoms with Crippen LogP contribution in [0.4, 0.5) is 0 Å². The van der Waals surface area contributed by atoms with E-state index in [1.54, 1.807) is 0 Å². The van der Waals surface area contributed by atoms with E-state index in [9.17, 15) is 4.79 Å². The fourth-order valence-corrected chi connectivity index (χ4v) is 2.18. The lowest BCUT2D eigenvalue weighted by Gasteiger charge is -1.94. The fourth-order valence-electron chi connectivity index (χ4n) is 1.35. The molecule has 4 heteroatoms. The van der Waals surface area contributed by atoms with Gasteiger partial charge < -0.3 is 9.72 Å². The van der Waals surface area contributed by atoms with Crippen LogP contribution in [0.15, 0.2) is 24.3 Å². The van der Waals surface area contributed by atoms with Gasteiger partial charge in [-0.3, -0.25) is 0 Å². The van der Waals surface area contributed by atoms with Crippen LogP contribution in [-0.2, 0) is 4.74 Å². The van der Waals surface area contributed by atoms with E-state index in [4.69, 9.17) is 0 Å². The topological polar surface area (TPSA) is 42.1 Å². The molecule has 0 aliphatic heterocycles. The Morgan fingerprint density at radius 3 is 2.79 bits per heavy atom. The highest BCUT2D eigenvalue weighted by Gasteiger charge is 2.15. The smallest absolute Gasteiger partial charge is 0.355 e. The lowest BCUT2D eigenvalue weighted by Crippen LogP contribution is -2.02. The molecule has 72 valence electrons. The molecule has 2 rings (SSSR count). The number of H-pyrrole nitrogens is 1. The monoisotopic (exact) mass is 301 g/mol. The summed E-state index contributed by atoms with van der Waals surface area (Å²) >= 11 is 2.14. The molecular weight excluding hydrogens is 293 g/mol. The summed E-state index contributed by atoms with van der Waals surface area (Å²) in [6.45, 7) is 0. The maximum Gasteiger partial charge on any atom is 0.355 e. The second kappa shape index (κ2) is 3.61. The molecule has 3 nitrogen and oxygen atoms in total. The van der Waals surface area contributed by atoms with Crippen molar-refractivity contribution < 1.29 is 9.53 Å². The second-order valence-electron chi connectivity index (χ2n) is 2.85. The zero-order valence-corrected chi connectivity index (χ0v) is 9.66. The van der Waals surface area contributed by atoms with Crippen LogP contribution >= 0.6 is 22.6 Å². The molecule has 0 atom stereocenters. The van der Waals surface area contributed by atoms with Gasteiger partial charge in [-0.2, -0.15) is 0 Å². The molecule has 1 aromatic carbocycles. The van der Waals surface area contributed by atoms with E-state index in [1.165, 1.54) is 7.11 Å². The number of halogens is 1. The van der Waals surface area contributed by atoms with Gasteiger partial charge in [-0.15, -0.1) is 0 Å².